The average molecular weight is 144 g/mol. The van der Waals surface area contributed by atoms with Gasteiger partial charge in [0.05, 0.1) is 6.54 Å². The Morgan fingerprint density at radius 1 is 1.30 bits per heavy atom. The number of rotatable bonds is 4. The lowest BCUT2D eigenvalue weighted by Crippen LogP contribution is -2.14. The molecule has 0 radical (unpaired) electrons. The zero-order valence-corrected chi connectivity index (χ0v) is 6.31. The molecule has 0 aliphatic rings. The zero-order valence-electron chi connectivity index (χ0n) is 6.31. The third-order valence-electron chi connectivity index (χ3n) is 0.887. The molecule has 0 saturated carbocycles. The smallest absolute Gasteiger partial charge is 0.146 e. The lowest BCUT2D eigenvalue weighted by atomic mass is 10.2. The molecule has 0 heterocycles. The Balaban J connectivity index is 0. The van der Waals surface area contributed by atoms with Crippen molar-refractivity contribution in [3.63, 3.8) is 0 Å². The number of ketones is 1. The van der Waals surface area contributed by atoms with Crippen LogP contribution in [0.15, 0.2) is 13.2 Å². The molecule has 10 heavy (non-hydrogen) atoms. The van der Waals surface area contributed by atoms with Gasteiger partial charge in [-0.1, -0.05) is 0 Å². The van der Waals surface area contributed by atoms with Crippen molar-refractivity contribution < 1.29 is 4.79 Å². The van der Waals surface area contributed by atoms with Crippen LogP contribution >= 0.6 is 0 Å². The van der Waals surface area contributed by atoms with E-state index in [2.05, 4.69) is 13.2 Å². The molecule has 0 atom stereocenters. The maximum absolute atomic E-state index is 10.4. The lowest BCUT2D eigenvalue weighted by molar-refractivity contribution is -0.117. The fourth-order valence-corrected chi connectivity index (χ4v) is 0.401. The van der Waals surface area contributed by atoms with Gasteiger partial charge in [0.2, 0.25) is 0 Å². The van der Waals surface area contributed by atoms with Crippen LogP contribution in [0.1, 0.15) is 12.8 Å². The zero-order chi connectivity index (χ0) is 8.41. The van der Waals surface area contributed by atoms with Gasteiger partial charge in [0, 0.05) is 6.42 Å². The van der Waals surface area contributed by atoms with Crippen molar-refractivity contribution in [1.29, 1.82) is 0 Å². The Morgan fingerprint density at radius 2 is 1.80 bits per heavy atom. The second kappa shape index (κ2) is 11.2. The highest BCUT2D eigenvalue weighted by atomic mass is 16.1. The molecule has 0 amide bonds. The summed E-state index contributed by atoms with van der Waals surface area (Å²) in [5.41, 5.74) is 10.2. The van der Waals surface area contributed by atoms with Crippen LogP contribution in [-0.2, 0) is 4.79 Å². The Morgan fingerprint density at radius 3 is 2.10 bits per heavy atom. The highest BCUT2D eigenvalue weighted by Gasteiger charge is 1.94. The van der Waals surface area contributed by atoms with E-state index in [1.807, 2.05) is 0 Å². The molecule has 0 aromatic rings. The molecule has 3 heteroatoms. The Bertz CT molecular complexity index is 83.7. The van der Waals surface area contributed by atoms with Gasteiger partial charge in [-0.15, -0.1) is 13.2 Å². The second-order valence-electron chi connectivity index (χ2n) is 1.64. The van der Waals surface area contributed by atoms with Crippen molar-refractivity contribution in [3.05, 3.63) is 13.2 Å². The Hall–Kier alpha value is -0.670. The summed E-state index contributed by atoms with van der Waals surface area (Å²) in [5.74, 6) is 0.0930. The number of carbonyl (C=O) groups is 1. The molecule has 0 aliphatic heterocycles. The predicted molar refractivity (Wildman–Crippen MR) is 43.6 cm³/mol. The van der Waals surface area contributed by atoms with Crippen molar-refractivity contribution in [2.24, 2.45) is 11.5 Å². The van der Waals surface area contributed by atoms with Gasteiger partial charge >= 0.3 is 0 Å². The quantitative estimate of drug-likeness (QED) is 0.548. The van der Waals surface area contributed by atoms with Crippen LogP contribution in [0.5, 0.6) is 0 Å². The first-order chi connectivity index (χ1) is 4.81. The summed E-state index contributed by atoms with van der Waals surface area (Å²) >= 11 is 0. The van der Waals surface area contributed by atoms with Crippen LogP contribution in [0.4, 0.5) is 0 Å². The van der Waals surface area contributed by atoms with Gasteiger partial charge in [0.25, 0.3) is 0 Å². The van der Waals surface area contributed by atoms with Crippen LogP contribution in [0.3, 0.4) is 0 Å². The molecule has 3 nitrogen and oxygen atoms in total. The van der Waals surface area contributed by atoms with Gasteiger partial charge in [0.15, 0.2) is 0 Å². The van der Waals surface area contributed by atoms with Gasteiger partial charge in [-0.2, -0.15) is 0 Å². The SMILES string of the molecule is C=C.NCCCC(=O)CN. The molecule has 0 saturated heterocycles. The Kier molecular flexibility index (Phi) is 13.5. The van der Waals surface area contributed by atoms with E-state index < -0.39 is 0 Å². The predicted octanol–water partition coefficient (Wildman–Crippen LogP) is 0.0553. The van der Waals surface area contributed by atoms with Crippen molar-refractivity contribution in [2.45, 2.75) is 12.8 Å². The average Bonchev–Trinajstić information content (AvgIpc) is 2.04. The molecule has 0 bridgehead atoms. The number of hydrogen-bond donors (Lipinski definition) is 2. The van der Waals surface area contributed by atoms with Crippen molar-refractivity contribution in [2.75, 3.05) is 13.1 Å². The van der Waals surface area contributed by atoms with E-state index in [1.54, 1.807) is 0 Å². The molecule has 0 aromatic heterocycles. The summed E-state index contributed by atoms with van der Waals surface area (Å²) in [6.07, 6.45) is 1.29. The van der Waals surface area contributed by atoms with E-state index >= 15 is 0 Å². The highest BCUT2D eigenvalue weighted by molar-refractivity contribution is 5.80. The van der Waals surface area contributed by atoms with Crippen LogP contribution in [0.25, 0.3) is 0 Å². The summed E-state index contributed by atoms with van der Waals surface area (Å²) < 4.78 is 0. The maximum Gasteiger partial charge on any atom is 0.146 e. The minimum atomic E-state index is 0.0930. The fourth-order valence-electron chi connectivity index (χ4n) is 0.401. The fraction of sp³-hybridized carbons (Fsp3) is 0.571. The van der Waals surface area contributed by atoms with E-state index in [9.17, 15) is 4.79 Å². The molecule has 0 unspecified atom stereocenters. The molecular weight excluding hydrogens is 128 g/mol. The normalized spacial score (nSPS) is 7.80. The Labute approximate surface area is 62.1 Å². The highest BCUT2D eigenvalue weighted by Crippen LogP contribution is 1.84. The second-order valence-corrected chi connectivity index (χ2v) is 1.64. The number of Topliss-reactive ketones (excluding diaryl/α,β-unsaturated/α-hetero) is 1. The van der Waals surface area contributed by atoms with Crippen LogP contribution in [0, 0.1) is 0 Å². The topological polar surface area (TPSA) is 69.1 Å². The van der Waals surface area contributed by atoms with Gasteiger partial charge in [-0.3, -0.25) is 4.79 Å². The van der Waals surface area contributed by atoms with E-state index in [1.165, 1.54) is 0 Å². The first kappa shape index (κ1) is 12.0. The molecular formula is C7H16N2O. The van der Waals surface area contributed by atoms with E-state index in [0.717, 1.165) is 6.42 Å². The van der Waals surface area contributed by atoms with Crippen molar-refractivity contribution >= 4 is 5.78 Å². The molecule has 60 valence electrons. The molecule has 0 spiro atoms. The van der Waals surface area contributed by atoms with E-state index in [4.69, 9.17) is 11.5 Å². The summed E-state index contributed by atoms with van der Waals surface area (Å²) in [5, 5.41) is 0. The number of nitrogens with two attached hydrogens (primary N) is 2. The molecule has 0 fully saturated rings. The molecule has 0 rings (SSSR count). The first-order valence-electron chi connectivity index (χ1n) is 3.23. The minimum absolute atomic E-state index is 0.0930. The third-order valence-corrected chi connectivity index (χ3v) is 0.887. The summed E-state index contributed by atoms with van der Waals surface area (Å²) in [7, 11) is 0. The van der Waals surface area contributed by atoms with Gasteiger partial charge in [0.1, 0.15) is 5.78 Å². The largest absolute Gasteiger partial charge is 0.330 e. The summed E-state index contributed by atoms with van der Waals surface area (Å²) in [6, 6.07) is 0. The van der Waals surface area contributed by atoms with Gasteiger partial charge in [-0.25, -0.2) is 0 Å². The minimum Gasteiger partial charge on any atom is -0.330 e. The van der Waals surface area contributed by atoms with Crippen molar-refractivity contribution in [3.8, 4) is 0 Å². The number of hydrogen-bond acceptors (Lipinski definition) is 3. The van der Waals surface area contributed by atoms with Crippen LogP contribution in [0.2, 0.25) is 0 Å². The molecule has 0 aliphatic carbocycles. The first-order valence-corrected chi connectivity index (χ1v) is 3.23. The number of carbonyl (C=O) groups excluding carboxylic acids is 1. The van der Waals surface area contributed by atoms with Crippen LogP contribution in [-0.4, -0.2) is 18.9 Å². The molecule has 4 N–H and O–H groups in total. The van der Waals surface area contributed by atoms with E-state index in [-0.39, 0.29) is 12.3 Å². The monoisotopic (exact) mass is 144 g/mol. The third kappa shape index (κ3) is 10.3. The van der Waals surface area contributed by atoms with Gasteiger partial charge in [-0.05, 0) is 13.0 Å². The van der Waals surface area contributed by atoms with E-state index in [0.29, 0.717) is 13.0 Å². The lowest BCUT2D eigenvalue weighted by Gasteiger charge is -1.91. The molecule has 0 aromatic carbocycles. The van der Waals surface area contributed by atoms with Crippen LogP contribution < -0.4 is 11.5 Å². The standard InChI is InChI=1S/C5H12N2O.C2H4/c6-3-1-2-5(8)4-7;1-2/h1-4,6-7H2;1-2H2. The van der Waals surface area contributed by atoms with Crippen molar-refractivity contribution in [1.82, 2.24) is 0 Å². The maximum atomic E-state index is 10.4. The summed E-state index contributed by atoms with van der Waals surface area (Å²) in [4.78, 5) is 10.4. The van der Waals surface area contributed by atoms with Gasteiger partial charge < -0.3 is 11.5 Å². The summed E-state index contributed by atoms with van der Waals surface area (Å²) in [6.45, 7) is 6.73.